The lowest BCUT2D eigenvalue weighted by atomic mass is 10.2. The van der Waals surface area contributed by atoms with Crippen molar-refractivity contribution in [2.75, 3.05) is 0 Å². The molecule has 2 heteroatoms. The third kappa shape index (κ3) is 5.33. The number of aliphatic hydroxyl groups excluding tert-OH is 1. The Morgan fingerprint density at radius 1 is 1.70 bits per heavy atom. The van der Waals surface area contributed by atoms with Gasteiger partial charge in [0.15, 0.2) is 6.10 Å². The maximum Gasteiger partial charge on any atom is 0.159 e. The second kappa shape index (κ2) is 6.31. The first-order valence-electron chi connectivity index (χ1n) is 3.55. The van der Waals surface area contributed by atoms with E-state index in [0.29, 0.717) is 0 Å². The summed E-state index contributed by atoms with van der Waals surface area (Å²) < 4.78 is 0. The van der Waals surface area contributed by atoms with Gasteiger partial charge in [-0.05, 0) is 12.5 Å². The summed E-state index contributed by atoms with van der Waals surface area (Å²) in [6, 6.07) is 1.71. The Hall–Kier alpha value is -0.810. The molecule has 1 N–H and O–H groups in total. The average Bonchev–Trinajstić information content (AvgIpc) is 1.98. The molecule has 0 spiro atoms. The van der Waals surface area contributed by atoms with E-state index in [9.17, 15) is 0 Å². The van der Waals surface area contributed by atoms with Crippen LogP contribution in [0.4, 0.5) is 0 Å². The van der Waals surface area contributed by atoms with Gasteiger partial charge in [0.1, 0.15) is 0 Å². The van der Waals surface area contributed by atoms with Gasteiger partial charge in [-0.3, -0.25) is 0 Å². The lowest BCUT2D eigenvalue weighted by molar-refractivity contribution is 0.278. The summed E-state index contributed by atoms with van der Waals surface area (Å²) in [5.41, 5.74) is 0. The van der Waals surface area contributed by atoms with Crippen molar-refractivity contribution in [3.05, 3.63) is 12.2 Å². The molecule has 56 valence electrons. The molecule has 0 amide bonds. The van der Waals surface area contributed by atoms with Crippen LogP contribution in [0.25, 0.3) is 0 Å². The van der Waals surface area contributed by atoms with Gasteiger partial charge in [-0.15, -0.1) is 0 Å². The summed E-state index contributed by atoms with van der Waals surface area (Å²) in [6.07, 6.45) is 5.67. The van der Waals surface area contributed by atoms with E-state index in [1.807, 2.05) is 6.08 Å². The van der Waals surface area contributed by atoms with Crippen molar-refractivity contribution in [3.8, 4) is 6.07 Å². The van der Waals surface area contributed by atoms with Gasteiger partial charge in [0, 0.05) is 0 Å². The number of hydrogen-bond donors (Lipinski definition) is 1. The minimum absolute atomic E-state index is 0.920. The second-order valence-corrected chi connectivity index (χ2v) is 2.14. The summed E-state index contributed by atoms with van der Waals surface area (Å²) >= 11 is 0. The first kappa shape index (κ1) is 9.19. The number of hydrogen-bond acceptors (Lipinski definition) is 2. The summed E-state index contributed by atoms with van der Waals surface area (Å²) in [5.74, 6) is 0. The Bertz CT molecular complexity index is 135. The van der Waals surface area contributed by atoms with Gasteiger partial charge >= 0.3 is 0 Å². The highest BCUT2D eigenvalue weighted by Gasteiger charge is 1.90. The molecule has 0 saturated heterocycles. The molecule has 2 nitrogen and oxygen atoms in total. The van der Waals surface area contributed by atoms with Crippen LogP contribution in [-0.2, 0) is 0 Å². The van der Waals surface area contributed by atoms with Gasteiger partial charge in [0.25, 0.3) is 0 Å². The van der Waals surface area contributed by atoms with Crippen LogP contribution < -0.4 is 0 Å². The topological polar surface area (TPSA) is 44.0 Å². The third-order valence-corrected chi connectivity index (χ3v) is 1.17. The lowest BCUT2D eigenvalue weighted by Gasteiger charge is -1.90. The number of aliphatic hydroxyl groups is 1. The van der Waals surface area contributed by atoms with Crippen LogP contribution in [0, 0.1) is 11.3 Å². The zero-order valence-corrected chi connectivity index (χ0v) is 6.25. The van der Waals surface area contributed by atoms with E-state index in [1.54, 1.807) is 6.07 Å². The number of allylic oxidation sites excluding steroid dienone is 1. The van der Waals surface area contributed by atoms with Crippen LogP contribution in [0.3, 0.4) is 0 Å². The molecule has 0 rings (SSSR count). The van der Waals surface area contributed by atoms with E-state index in [-0.39, 0.29) is 0 Å². The predicted molar refractivity (Wildman–Crippen MR) is 40.3 cm³/mol. The van der Waals surface area contributed by atoms with Gasteiger partial charge in [0.05, 0.1) is 6.07 Å². The molecule has 0 unspecified atom stereocenters. The van der Waals surface area contributed by atoms with Crippen molar-refractivity contribution in [1.29, 1.82) is 5.26 Å². The molecular formula is C8H13NO. The Labute approximate surface area is 61.8 Å². The number of nitrogens with zero attached hydrogens (tertiary/aromatic N) is 1. The summed E-state index contributed by atoms with van der Waals surface area (Å²) in [5, 5.41) is 16.8. The second-order valence-electron chi connectivity index (χ2n) is 2.14. The molecule has 0 aliphatic heterocycles. The molecule has 0 fully saturated rings. The molecule has 0 aliphatic carbocycles. The third-order valence-electron chi connectivity index (χ3n) is 1.17. The molecule has 0 saturated carbocycles. The number of unbranched alkanes of at least 4 members (excludes halogenated alkanes) is 2. The molecule has 0 bridgehead atoms. The van der Waals surface area contributed by atoms with E-state index in [4.69, 9.17) is 10.4 Å². The predicted octanol–water partition coefficient (Wildman–Crippen LogP) is 1.62. The van der Waals surface area contributed by atoms with Crippen LogP contribution in [0.1, 0.15) is 26.2 Å². The van der Waals surface area contributed by atoms with Crippen molar-refractivity contribution >= 4 is 0 Å². The van der Waals surface area contributed by atoms with Gasteiger partial charge in [-0.25, -0.2) is 0 Å². The largest absolute Gasteiger partial charge is 0.374 e. The standard InChI is InChI=1S/C8H13NO/c1-2-3-4-5-6-8(10)7-9/h5-6,8,10H,2-4H2,1H3/b6-5+/t8-/m0/s1. The smallest absolute Gasteiger partial charge is 0.159 e. The van der Waals surface area contributed by atoms with Crippen molar-refractivity contribution in [3.63, 3.8) is 0 Å². The van der Waals surface area contributed by atoms with Crippen molar-refractivity contribution in [2.24, 2.45) is 0 Å². The normalized spacial score (nSPS) is 13.3. The highest BCUT2D eigenvalue weighted by atomic mass is 16.3. The summed E-state index contributed by atoms with van der Waals surface area (Å²) in [4.78, 5) is 0. The Morgan fingerprint density at radius 3 is 2.90 bits per heavy atom. The fourth-order valence-corrected chi connectivity index (χ4v) is 0.590. The minimum atomic E-state index is -0.920. The Morgan fingerprint density at radius 2 is 2.40 bits per heavy atom. The molecule has 1 atom stereocenters. The van der Waals surface area contributed by atoms with Crippen molar-refractivity contribution in [1.82, 2.24) is 0 Å². The van der Waals surface area contributed by atoms with Crippen molar-refractivity contribution < 1.29 is 5.11 Å². The van der Waals surface area contributed by atoms with Crippen LogP contribution in [0.15, 0.2) is 12.2 Å². The first-order valence-corrected chi connectivity index (χ1v) is 3.55. The number of rotatable bonds is 4. The summed E-state index contributed by atoms with van der Waals surface area (Å²) in [7, 11) is 0. The van der Waals surface area contributed by atoms with Crippen LogP contribution in [-0.4, -0.2) is 11.2 Å². The zero-order valence-electron chi connectivity index (χ0n) is 6.25. The lowest BCUT2D eigenvalue weighted by Crippen LogP contribution is -1.94. The van der Waals surface area contributed by atoms with Gasteiger partial charge in [-0.1, -0.05) is 25.8 Å². The van der Waals surface area contributed by atoms with Crippen LogP contribution >= 0.6 is 0 Å². The molecule has 0 aromatic carbocycles. The fourth-order valence-electron chi connectivity index (χ4n) is 0.590. The van der Waals surface area contributed by atoms with E-state index in [2.05, 4.69) is 6.92 Å². The van der Waals surface area contributed by atoms with Gasteiger partial charge < -0.3 is 5.11 Å². The number of nitriles is 1. The molecule has 10 heavy (non-hydrogen) atoms. The molecule has 0 aromatic heterocycles. The highest BCUT2D eigenvalue weighted by Crippen LogP contribution is 1.95. The zero-order chi connectivity index (χ0) is 7.82. The van der Waals surface area contributed by atoms with E-state index < -0.39 is 6.10 Å². The average molecular weight is 139 g/mol. The quantitative estimate of drug-likeness (QED) is 0.365. The minimum Gasteiger partial charge on any atom is -0.374 e. The molecule has 0 radical (unpaired) electrons. The van der Waals surface area contributed by atoms with Crippen molar-refractivity contribution in [2.45, 2.75) is 32.3 Å². The Kier molecular flexibility index (Phi) is 5.80. The van der Waals surface area contributed by atoms with Crippen LogP contribution in [0.2, 0.25) is 0 Å². The molecule has 0 heterocycles. The van der Waals surface area contributed by atoms with Crippen LogP contribution in [0.5, 0.6) is 0 Å². The van der Waals surface area contributed by atoms with E-state index in [1.165, 1.54) is 6.08 Å². The van der Waals surface area contributed by atoms with E-state index in [0.717, 1.165) is 19.3 Å². The maximum atomic E-state index is 8.71. The molecule has 0 aromatic rings. The SMILES string of the molecule is CCCC/C=C/[C@H](O)C#N. The van der Waals surface area contributed by atoms with Gasteiger partial charge in [-0.2, -0.15) is 5.26 Å². The first-order chi connectivity index (χ1) is 4.81. The van der Waals surface area contributed by atoms with Gasteiger partial charge in [0.2, 0.25) is 0 Å². The van der Waals surface area contributed by atoms with E-state index >= 15 is 0 Å². The maximum absolute atomic E-state index is 8.71. The molecular weight excluding hydrogens is 126 g/mol. The fraction of sp³-hybridized carbons (Fsp3) is 0.625. The Balaban J connectivity index is 3.29. The monoisotopic (exact) mass is 139 g/mol. The molecule has 0 aliphatic rings. The highest BCUT2D eigenvalue weighted by molar-refractivity contribution is 5.00. The summed E-state index contributed by atoms with van der Waals surface area (Å²) in [6.45, 7) is 2.11.